The van der Waals surface area contributed by atoms with Gasteiger partial charge < -0.3 is 9.47 Å². The highest BCUT2D eigenvalue weighted by atomic mass is 16.7. The van der Waals surface area contributed by atoms with Crippen molar-refractivity contribution in [2.45, 2.75) is 27.1 Å². The minimum atomic E-state index is -0.922. The van der Waals surface area contributed by atoms with Crippen LogP contribution in [0.3, 0.4) is 0 Å². The number of cyclic esters (lactones) is 1. The maximum atomic E-state index is 11.2. The minimum Gasteiger partial charge on any atom is -0.425 e. The van der Waals surface area contributed by atoms with Crippen LogP contribution in [0.4, 0.5) is 0 Å². The Balaban J connectivity index is 2.73. The van der Waals surface area contributed by atoms with Crippen molar-refractivity contribution in [3.05, 3.63) is 0 Å². The Morgan fingerprint density at radius 2 is 1.93 bits per heavy atom. The molecule has 0 aromatic rings. The third-order valence-electron chi connectivity index (χ3n) is 2.16. The summed E-state index contributed by atoms with van der Waals surface area (Å²) >= 11 is 0. The lowest BCUT2D eigenvalue weighted by atomic mass is 9.93. The lowest BCUT2D eigenvalue weighted by Crippen LogP contribution is -2.26. The topological polar surface area (TPSA) is 69.7 Å². The Kier molecular flexibility index (Phi) is 2.88. The van der Waals surface area contributed by atoms with Crippen molar-refractivity contribution in [2.75, 3.05) is 0 Å². The first-order chi connectivity index (χ1) is 6.43. The van der Waals surface area contributed by atoms with Crippen LogP contribution < -0.4 is 0 Å². The van der Waals surface area contributed by atoms with E-state index < -0.39 is 30.1 Å². The van der Waals surface area contributed by atoms with Crippen molar-refractivity contribution in [1.82, 2.24) is 0 Å². The fraction of sp³-hybridized carbons (Fsp3) is 0.667. The number of Topliss-reactive ketones (excluding diaryl/α,β-unsaturated/α-hetero) is 1. The number of esters is 2. The number of carbonyl (C=O) groups excluding carboxylic acids is 3. The highest BCUT2D eigenvalue weighted by Gasteiger charge is 2.46. The van der Waals surface area contributed by atoms with Gasteiger partial charge in [-0.25, -0.2) is 0 Å². The molecule has 1 rings (SSSR count). The minimum absolute atomic E-state index is 0.267. The third-order valence-corrected chi connectivity index (χ3v) is 2.16. The zero-order valence-electron chi connectivity index (χ0n) is 8.27. The second kappa shape index (κ2) is 3.77. The molecule has 0 N–H and O–H groups in total. The number of carbonyl (C=O) groups is 3. The quantitative estimate of drug-likeness (QED) is 0.472. The lowest BCUT2D eigenvalue weighted by molar-refractivity contribution is -0.179. The average molecular weight is 200 g/mol. The van der Waals surface area contributed by atoms with E-state index in [4.69, 9.17) is 9.47 Å². The van der Waals surface area contributed by atoms with Crippen LogP contribution in [0.25, 0.3) is 0 Å². The first kappa shape index (κ1) is 10.7. The molecule has 0 spiro atoms. The van der Waals surface area contributed by atoms with E-state index in [1.54, 1.807) is 6.92 Å². The van der Waals surface area contributed by atoms with Gasteiger partial charge in [-0.2, -0.15) is 0 Å². The number of hydrogen-bond donors (Lipinski definition) is 0. The van der Waals surface area contributed by atoms with Crippen LogP contribution in [-0.4, -0.2) is 24.0 Å². The Bertz CT molecular complexity index is 283. The van der Waals surface area contributed by atoms with E-state index in [1.807, 2.05) is 0 Å². The van der Waals surface area contributed by atoms with Crippen LogP contribution in [0.1, 0.15) is 20.8 Å². The van der Waals surface area contributed by atoms with Crippen molar-refractivity contribution in [3.63, 3.8) is 0 Å². The SMILES string of the molecule is CC(=O)O[C@@H]1OC(=O)C(C(C)=O)[C@@H]1C. The van der Waals surface area contributed by atoms with E-state index in [0.29, 0.717) is 0 Å². The predicted molar refractivity (Wildman–Crippen MR) is 45.0 cm³/mol. The van der Waals surface area contributed by atoms with Gasteiger partial charge in [0.2, 0.25) is 0 Å². The molecule has 0 saturated carbocycles. The summed E-state index contributed by atoms with van der Waals surface area (Å²) in [6.07, 6.45) is -0.922. The van der Waals surface area contributed by atoms with E-state index >= 15 is 0 Å². The van der Waals surface area contributed by atoms with E-state index in [0.717, 1.165) is 0 Å². The van der Waals surface area contributed by atoms with Gasteiger partial charge in [0.15, 0.2) is 0 Å². The molecule has 1 unspecified atom stereocenters. The normalized spacial score (nSPS) is 31.1. The maximum absolute atomic E-state index is 11.2. The van der Waals surface area contributed by atoms with Gasteiger partial charge in [-0.05, 0) is 6.92 Å². The number of rotatable bonds is 2. The van der Waals surface area contributed by atoms with E-state index in [-0.39, 0.29) is 5.78 Å². The van der Waals surface area contributed by atoms with Gasteiger partial charge in [0.1, 0.15) is 11.7 Å². The van der Waals surface area contributed by atoms with Crippen LogP contribution >= 0.6 is 0 Å². The summed E-state index contributed by atoms with van der Waals surface area (Å²) in [7, 11) is 0. The van der Waals surface area contributed by atoms with Crippen LogP contribution in [0.5, 0.6) is 0 Å². The molecule has 5 nitrogen and oxygen atoms in total. The summed E-state index contributed by atoms with van der Waals surface area (Å²) in [4.78, 5) is 32.9. The molecule has 1 aliphatic rings. The van der Waals surface area contributed by atoms with Gasteiger partial charge >= 0.3 is 11.9 Å². The summed E-state index contributed by atoms with van der Waals surface area (Å²) in [6, 6.07) is 0. The Labute approximate surface area is 81.4 Å². The molecule has 1 saturated heterocycles. The fourth-order valence-electron chi connectivity index (χ4n) is 1.50. The monoisotopic (exact) mass is 200 g/mol. The van der Waals surface area contributed by atoms with Crippen LogP contribution in [0.15, 0.2) is 0 Å². The largest absolute Gasteiger partial charge is 0.425 e. The zero-order chi connectivity index (χ0) is 10.9. The molecular formula is C9H12O5. The molecule has 1 fully saturated rings. The van der Waals surface area contributed by atoms with E-state index in [1.165, 1.54) is 13.8 Å². The first-order valence-electron chi connectivity index (χ1n) is 4.31. The average Bonchev–Trinajstić information content (AvgIpc) is 2.25. The van der Waals surface area contributed by atoms with Crippen molar-refractivity contribution in [2.24, 2.45) is 11.8 Å². The van der Waals surface area contributed by atoms with E-state index in [9.17, 15) is 14.4 Å². The molecule has 0 radical (unpaired) electrons. The summed E-state index contributed by atoms with van der Waals surface area (Å²) in [5.74, 6) is -2.63. The van der Waals surface area contributed by atoms with Crippen molar-refractivity contribution >= 4 is 17.7 Å². The first-order valence-corrected chi connectivity index (χ1v) is 4.31. The smallest absolute Gasteiger partial charge is 0.320 e. The Hall–Kier alpha value is -1.39. The lowest BCUT2D eigenvalue weighted by Gasteiger charge is -2.14. The molecule has 78 valence electrons. The molecule has 0 aromatic heterocycles. The molecule has 1 heterocycles. The Morgan fingerprint density at radius 3 is 2.29 bits per heavy atom. The fourth-order valence-corrected chi connectivity index (χ4v) is 1.50. The number of hydrogen-bond acceptors (Lipinski definition) is 5. The molecule has 14 heavy (non-hydrogen) atoms. The highest BCUT2D eigenvalue weighted by Crippen LogP contribution is 2.29. The van der Waals surface area contributed by atoms with Gasteiger partial charge in [0.25, 0.3) is 6.29 Å². The standard InChI is InChI=1S/C9H12O5/c1-4-7(5(2)10)8(12)14-9(4)13-6(3)11/h4,7,9H,1-3H3/t4-,7?,9+/m0/s1. The Morgan fingerprint density at radius 1 is 1.36 bits per heavy atom. The summed E-state index contributed by atoms with van der Waals surface area (Å²) in [5, 5.41) is 0. The summed E-state index contributed by atoms with van der Waals surface area (Å²) in [6.45, 7) is 4.19. The number of ketones is 1. The van der Waals surface area contributed by atoms with Gasteiger partial charge in [-0.15, -0.1) is 0 Å². The second-order valence-electron chi connectivity index (χ2n) is 3.36. The molecule has 5 heteroatoms. The highest BCUT2D eigenvalue weighted by molar-refractivity contribution is 5.99. The van der Waals surface area contributed by atoms with Crippen LogP contribution in [0, 0.1) is 11.8 Å². The molecule has 3 atom stereocenters. The van der Waals surface area contributed by atoms with Gasteiger partial charge in [0, 0.05) is 6.92 Å². The maximum Gasteiger partial charge on any atom is 0.320 e. The molecule has 0 aliphatic carbocycles. The molecule has 1 aliphatic heterocycles. The third kappa shape index (κ3) is 1.92. The molecule has 0 amide bonds. The van der Waals surface area contributed by atoms with Crippen LogP contribution in [0.2, 0.25) is 0 Å². The van der Waals surface area contributed by atoms with Crippen molar-refractivity contribution < 1.29 is 23.9 Å². The van der Waals surface area contributed by atoms with Crippen molar-refractivity contribution in [3.8, 4) is 0 Å². The zero-order valence-corrected chi connectivity index (χ0v) is 8.27. The van der Waals surface area contributed by atoms with E-state index in [2.05, 4.69) is 0 Å². The summed E-state index contributed by atoms with van der Waals surface area (Å²) < 4.78 is 9.50. The van der Waals surface area contributed by atoms with Crippen LogP contribution in [-0.2, 0) is 23.9 Å². The van der Waals surface area contributed by atoms with Gasteiger partial charge in [-0.1, -0.05) is 6.92 Å². The van der Waals surface area contributed by atoms with Crippen molar-refractivity contribution in [1.29, 1.82) is 0 Å². The predicted octanol–water partition coefficient (Wildman–Crippen LogP) is 0.274. The second-order valence-corrected chi connectivity index (χ2v) is 3.36. The van der Waals surface area contributed by atoms with Gasteiger partial charge in [-0.3, -0.25) is 14.4 Å². The molecule has 0 aromatic carbocycles. The molecule has 0 bridgehead atoms. The summed E-state index contributed by atoms with van der Waals surface area (Å²) in [5.41, 5.74) is 0. The molecular weight excluding hydrogens is 188 g/mol. The number of ether oxygens (including phenoxy) is 2. The van der Waals surface area contributed by atoms with Gasteiger partial charge in [0.05, 0.1) is 5.92 Å².